The van der Waals surface area contributed by atoms with Crippen LogP contribution in [0.25, 0.3) is 0 Å². The molecular weight excluding hydrogens is 728 g/mol. The lowest BCUT2D eigenvalue weighted by Gasteiger charge is -2.67. The summed E-state index contributed by atoms with van der Waals surface area (Å²) in [6.45, 7) is 15.8. The molecule has 0 aromatic heterocycles. The zero-order chi connectivity index (χ0) is 41.5. The highest BCUT2D eigenvalue weighted by atomic mass is 16.7. The second kappa shape index (κ2) is 15.9. The molecule has 324 valence electrons. The Morgan fingerprint density at radius 2 is 1.41 bits per heavy atom. The van der Waals surface area contributed by atoms with E-state index in [1.54, 1.807) is 13.8 Å². The summed E-state index contributed by atoms with van der Waals surface area (Å²) in [5.41, 5.74) is -0.985. The van der Waals surface area contributed by atoms with Crippen LogP contribution in [0.15, 0.2) is 11.6 Å². The highest BCUT2D eigenvalue weighted by Crippen LogP contribution is 2.75. The van der Waals surface area contributed by atoms with Crippen LogP contribution in [-0.4, -0.2) is 150 Å². The first-order chi connectivity index (χ1) is 25.9. The molecule has 2 saturated heterocycles. The molecule has 5 fully saturated rings. The average molecular weight is 801 g/mol. The molecule has 0 spiro atoms. The Balaban J connectivity index is 1.16. The van der Waals surface area contributed by atoms with Crippen molar-refractivity contribution in [3.63, 3.8) is 0 Å². The number of fused-ring (bicyclic) bond motifs is 5. The van der Waals surface area contributed by atoms with Crippen molar-refractivity contribution < 1.29 is 70.0 Å². The van der Waals surface area contributed by atoms with Gasteiger partial charge in [0.1, 0.15) is 48.8 Å². The summed E-state index contributed by atoms with van der Waals surface area (Å²) in [7, 11) is 0. The van der Waals surface area contributed by atoms with Gasteiger partial charge in [0.25, 0.3) is 0 Å². The first-order valence-corrected chi connectivity index (χ1v) is 21.0. The monoisotopic (exact) mass is 800 g/mol. The summed E-state index contributed by atoms with van der Waals surface area (Å²) < 4.78 is 23.6. The van der Waals surface area contributed by atoms with E-state index in [9.17, 15) is 51.1 Å². The molecule has 4 aliphatic carbocycles. The molecule has 1 unspecified atom stereocenters. The largest absolute Gasteiger partial charge is 0.394 e. The predicted octanol–water partition coefficient (Wildman–Crippen LogP) is 1.12. The topological polar surface area (TPSA) is 239 Å². The molecule has 0 aromatic rings. The Morgan fingerprint density at radius 1 is 0.804 bits per heavy atom. The van der Waals surface area contributed by atoms with Crippen LogP contribution in [0.2, 0.25) is 0 Å². The third-order valence-electron chi connectivity index (χ3n) is 16.6. The zero-order valence-electron chi connectivity index (χ0n) is 34.6. The molecule has 20 atom stereocenters. The predicted molar refractivity (Wildman–Crippen MR) is 202 cm³/mol. The molecular formula is C42H72O14. The van der Waals surface area contributed by atoms with E-state index < -0.39 is 104 Å². The molecule has 14 heteroatoms. The number of allylic oxidation sites excluding steroid dienone is 1. The maximum Gasteiger partial charge on any atom is 0.187 e. The quantitative estimate of drug-likeness (QED) is 0.132. The van der Waals surface area contributed by atoms with E-state index in [0.717, 1.165) is 32.1 Å². The third-order valence-corrected chi connectivity index (χ3v) is 16.6. The van der Waals surface area contributed by atoms with Crippen molar-refractivity contribution in [1.82, 2.24) is 0 Å². The van der Waals surface area contributed by atoms with Gasteiger partial charge in [0.15, 0.2) is 12.6 Å². The SMILES string of the molecule is C[C@H](CC[C@@H](O)C(C)(C)O)C1CC[C@@]2(C)[C@H]3CC=C4[C@@H](CC[C@H](O[C@@H]5O[C@H](CO[C@@H]6O[C@H](CO)[C@@H](O)[C@H](O)[C@H]6O)[C@@H](O)[C@H](O)[C@H]5O)C4(C)C)[C@]3(C)[C@H](O)C[C@]12C. The van der Waals surface area contributed by atoms with Crippen LogP contribution in [0.4, 0.5) is 0 Å². The summed E-state index contributed by atoms with van der Waals surface area (Å²) in [6, 6.07) is 0. The van der Waals surface area contributed by atoms with Gasteiger partial charge < -0.3 is 70.0 Å². The van der Waals surface area contributed by atoms with Gasteiger partial charge in [0.2, 0.25) is 0 Å². The summed E-state index contributed by atoms with van der Waals surface area (Å²) in [5, 5.41) is 106. The molecule has 6 rings (SSSR count). The molecule has 0 amide bonds. The first kappa shape index (κ1) is 44.7. The summed E-state index contributed by atoms with van der Waals surface area (Å²) in [5.74, 6) is 1.05. The van der Waals surface area contributed by atoms with E-state index >= 15 is 0 Å². The van der Waals surface area contributed by atoms with Gasteiger partial charge in [-0.2, -0.15) is 0 Å². The van der Waals surface area contributed by atoms with Crippen LogP contribution in [0, 0.1) is 45.3 Å². The smallest absolute Gasteiger partial charge is 0.187 e. The number of hydrogen-bond donors (Lipinski definition) is 10. The highest BCUT2D eigenvalue weighted by molar-refractivity contribution is 5.32. The van der Waals surface area contributed by atoms with Crippen molar-refractivity contribution in [1.29, 1.82) is 0 Å². The summed E-state index contributed by atoms with van der Waals surface area (Å²) >= 11 is 0. The summed E-state index contributed by atoms with van der Waals surface area (Å²) in [4.78, 5) is 0. The standard InChI is InChI=1S/C42H72O14/c1-20(9-13-27(44)39(4,5)52)21-15-16-40(6)26-12-10-22-23(42(26,8)28(45)17-41(21,40)7)11-14-29(38(22,2)3)56-37-35(51)33(49)31(47)25(55-37)19-53-36-34(50)32(48)30(46)24(18-43)54-36/h10,20-21,23-37,43-52H,9,11-19H2,1-8H3/t20-,21?,23-,24-,25-,26-,27-,28-,29+,30-,31-,32+,33+,34-,35-,36-,37+,40+,41-,42+/m1/s1. The minimum atomic E-state index is -1.67. The Hall–Kier alpha value is -0.820. The molecule has 56 heavy (non-hydrogen) atoms. The fourth-order valence-electron chi connectivity index (χ4n) is 12.6. The van der Waals surface area contributed by atoms with Crippen LogP contribution in [-0.2, 0) is 18.9 Å². The van der Waals surface area contributed by atoms with Crippen molar-refractivity contribution in [2.45, 2.75) is 192 Å². The molecule has 0 aromatic carbocycles. The van der Waals surface area contributed by atoms with E-state index in [0.29, 0.717) is 31.1 Å². The molecule has 14 nitrogen and oxygen atoms in total. The fraction of sp³-hybridized carbons (Fsp3) is 0.952. The second-order valence-corrected chi connectivity index (χ2v) is 20.3. The molecule has 0 radical (unpaired) electrons. The van der Waals surface area contributed by atoms with Crippen molar-refractivity contribution in [2.24, 2.45) is 45.3 Å². The van der Waals surface area contributed by atoms with Crippen molar-refractivity contribution >= 4 is 0 Å². The van der Waals surface area contributed by atoms with Gasteiger partial charge in [0.05, 0.1) is 37.1 Å². The summed E-state index contributed by atoms with van der Waals surface area (Å²) in [6.07, 6.45) is -8.06. The first-order valence-electron chi connectivity index (χ1n) is 21.0. The van der Waals surface area contributed by atoms with Gasteiger partial charge in [-0.3, -0.25) is 0 Å². The molecule has 2 aliphatic heterocycles. The molecule has 10 N–H and O–H groups in total. The van der Waals surface area contributed by atoms with Crippen molar-refractivity contribution in [3.05, 3.63) is 11.6 Å². The Bertz CT molecular complexity index is 1400. The maximum atomic E-state index is 12.4. The molecule has 6 aliphatic rings. The van der Waals surface area contributed by atoms with Crippen LogP contribution in [0.1, 0.15) is 107 Å². The molecule has 0 bridgehead atoms. The Kier molecular flexibility index (Phi) is 12.7. The van der Waals surface area contributed by atoms with Crippen LogP contribution < -0.4 is 0 Å². The Morgan fingerprint density at radius 3 is 2.04 bits per heavy atom. The number of rotatable bonds is 11. The molecule has 3 saturated carbocycles. The second-order valence-electron chi connectivity index (χ2n) is 20.3. The number of hydrogen-bond acceptors (Lipinski definition) is 14. The zero-order valence-corrected chi connectivity index (χ0v) is 34.6. The van der Waals surface area contributed by atoms with Crippen molar-refractivity contribution in [2.75, 3.05) is 13.2 Å². The van der Waals surface area contributed by atoms with E-state index in [1.165, 1.54) is 5.57 Å². The third kappa shape index (κ3) is 7.26. The van der Waals surface area contributed by atoms with Gasteiger partial charge in [-0.05, 0) is 99.7 Å². The number of ether oxygens (including phenoxy) is 4. The van der Waals surface area contributed by atoms with Crippen LogP contribution >= 0.6 is 0 Å². The number of aliphatic hydroxyl groups excluding tert-OH is 9. The van der Waals surface area contributed by atoms with E-state index in [-0.39, 0.29) is 28.1 Å². The van der Waals surface area contributed by atoms with Crippen LogP contribution in [0.5, 0.6) is 0 Å². The minimum absolute atomic E-state index is 0.0159. The van der Waals surface area contributed by atoms with Gasteiger partial charge in [-0.15, -0.1) is 0 Å². The average Bonchev–Trinajstić information content (AvgIpc) is 3.40. The van der Waals surface area contributed by atoms with E-state index in [2.05, 4.69) is 47.6 Å². The van der Waals surface area contributed by atoms with Crippen molar-refractivity contribution in [3.8, 4) is 0 Å². The lowest BCUT2D eigenvalue weighted by molar-refractivity contribution is -0.340. The van der Waals surface area contributed by atoms with Gasteiger partial charge >= 0.3 is 0 Å². The molecule has 2 heterocycles. The van der Waals surface area contributed by atoms with Gasteiger partial charge in [-0.1, -0.05) is 53.2 Å². The Labute approximate surface area is 331 Å². The minimum Gasteiger partial charge on any atom is -0.394 e. The van der Waals surface area contributed by atoms with Gasteiger partial charge in [-0.25, -0.2) is 0 Å². The number of aliphatic hydroxyl groups is 10. The lowest BCUT2D eigenvalue weighted by atomic mass is 9.38. The van der Waals surface area contributed by atoms with Gasteiger partial charge in [0, 0.05) is 10.8 Å². The van der Waals surface area contributed by atoms with E-state index in [4.69, 9.17) is 18.9 Å². The lowest BCUT2D eigenvalue weighted by Crippen LogP contribution is -2.65. The maximum absolute atomic E-state index is 12.4. The van der Waals surface area contributed by atoms with E-state index in [1.807, 2.05) is 0 Å². The highest BCUT2D eigenvalue weighted by Gasteiger charge is 2.70. The fourth-order valence-corrected chi connectivity index (χ4v) is 12.6. The normalized spacial score (nSPS) is 50.3. The van der Waals surface area contributed by atoms with Crippen LogP contribution in [0.3, 0.4) is 0 Å².